The van der Waals surface area contributed by atoms with Gasteiger partial charge in [-0.3, -0.25) is 4.79 Å². The molecule has 1 aliphatic rings. The molecule has 26 heavy (non-hydrogen) atoms. The van der Waals surface area contributed by atoms with Crippen molar-refractivity contribution in [2.45, 2.75) is 38.5 Å². The van der Waals surface area contributed by atoms with E-state index in [1.165, 1.54) is 0 Å². The van der Waals surface area contributed by atoms with Gasteiger partial charge in [0.15, 0.2) is 0 Å². The van der Waals surface area contributed by atoms with Crippen LogP contribution in [0.2, 0.25) is 0 Å². The first kappa shape index (κ1) is 18.2. The number of aromatic nitrogens is 2. The maximum atomic E-state index is 13.0. The number of pyridine rings is 1. The van der Waals surface area contributed by atoms with E-state index >= 15 is 0 Å². The van der Waals surface area contributed by atoms with E-state index in [9.17, 15) is 4.79 Å². The molecular weight excluding hydrogens is 352 g/mol. The molecule has 0 bridgehead atoms. The van der Waals surface area contributed by atoms with Crippen LogP contribution in [-0.2, 0) is 0 Å². The second kappa shape index (κ2) is 6.96. The smallest absolute Gasteiger partial charge is 0.259 e. The summed E-state index contributed by atoms with van der Waals surface area (Å²) in [5, 5.41) is 7.73. The van der Waals surface area contributed by atoms with Gasteiger partial charge >= 0.3 is 0 Å². The number of para-hydroxylation sites is 2. The van der Waals surface area contributed by atoms with Gasteiger partial charge in [-0.1, -0.05) is 31.1 Å². The molecule has 0 unspecified atom stereocenters. The minimum Gasteiger partial charge on any atom is -0.397 e. The minimum absolute atomic E-state index is 0. The van der Waals surface area contributed by atoms with Crippen LogP contribution in [0.1, 0.15) is 60.3 Å². The molecule has 136 valence electrons. The van der Waals surface area contributed by atoms with Gasteiger partial charge in [0.25, 0.3) is 11.6 Å². The Morgan fingerprint density at radius 3 is 2.69 bits per heavy atom. The largest absolute Gasteiger partial charge is 0.397 e. The van der Waals surface area contributed by atoms with E-state index in [2.05, 4.69) is 15.5 Å². The Bertz CT molecular complexity index is 963. The summed E-state index contributed by atoms with van der Waals surface area (Å²) in [6, 6.07) is 9.08. The Balaban J connectivity index is 0.00000196. The Morgan fingerprint density at radius 2 is 2.04 bits per heavy atom. The first-order valence-electron chi connectivity index (χ1n) is 8.50. The number of nitrogens with one attached hydrogen (secondary N) is 1. The van der Waals surface area contributed by atoms with Crippen molar-refractivity contribution in [3.8, 4) is 0 Å². The van der Waals surface area contributed by atoms with Gasteiger partial charge in [-0.05, 0) is 37.0 Å². The lowest BCUT2D eigenvalue weighted by Gasteiger charge is -2.10. The van der Waals surface area contributed by atoms with Crippen molar-refractivity contribution in [3.05, 3.63) is 47.3 Å². The maximum Gasteiger partial charge on any atom is 0.259 e. The van der Waals surface area contributed by atoms with Crippen molar-refractivity contribution in [1.82, 2.24) is 10.1 Å². The van der Waals surface area contributed by atoms with Crippen LogP contribution in [0, 0.1) is 0 Å². The van der Waals surface area contributed by atoms with Gasteiger partial charge in [-0.2, -0.15) is 0 Å². The lowest BCUT2D eigenvalue weighted by molar-refractivity contribution is 0.102. The molecule has 2 heterocycles. The van der Waals surface area contributed by atoms with Crippen molar-refractivity contribution >= 4 is 40.8 Å². The molecule has 1 aliphatic carbocycles. The SMILES string of the molecule is CC(C)c1noc2nc(C3CC3)cc(C(=O)Nc3ccccc3N)c12.Cl. The average molecular weight is 373 g/mol. The Hall–Kier alpha value is -2.60. The number of nitrogens with zero attached hydrogens (tertiary/aromatic N) is 2. The lowest BCUT2D eigenvalue weighted by Crippen LogP contribution is -2.15. The monoisotopic (exact) mass is 372 g/mol. The average Bonchev–Trinajstić information content (AvgIpc) is 3.35. The van der Waals surface area contributed by atoms with Gasteiger partial charge in [0.1, 0.15) is 0 Å². The summed E-state index contributed by atoms with van der Waals surface area (Å²) in [6.45, 7) is 4.03. The standard InChI is InChI=1S/C19H20N4O2.ClH/c1-10(2)17-16-12(18(24)21-14-6-4-3-5-13(14)20)9-15(11-7-8-11)22-19(16)25-23-17;/h3-6,9-11H,7-8,20H2,1-2H3,(H,21,24);1H. The summed E-state index contributed by atoms with van der Waals surface area (Å²) in [4.78, 5) is 17.6. The molecule has 6 nitrogen and oxygen atoms in total. The van der Waals surface area contributed by atoms with Crippen molar-refractivity contribution in [3.63, 3.8) is 0 Å². The molecule has 1 saturated carbocycles. The number of nitrogens with two attached hydrogens (primary N) is 1. The van der Waals surface area contributed by atoms with Gasteiger partial charge in [-0.25, -0.2) is 4.98 Å². The summed E-state index contributed by atoms with van der Waals surface area (Å²) in [6.07, 6.45) is 2.19. The molecule has 0 spiro atoms. The number of fused-ring (bicyclic) bond motifs is 1. The molecule has 0 radical (unpaired) electrons. The number of benzene rings is 1. The number of rotatable bonds is 4. The molecule has 3 aromatic rings. The Kier molecular flexibility index (Phi) is 4.87. The van der Waals surface area contributed by atoms with Crippen molar-refractivity contribution < 1.29 is 9.32 Å². The third kappa shape index (κ3) is 3.24. The lowest BCUT2D eigenvalue weighted by atomic mass is 10.0. The second-order valence-corrected chi connectivity index (χ2v) is 6.81. The van der Waals surface area contributed by atoms with Gasteiger partial charge in [-0.15, -0.1) is 12.4 Å². The number of hydrogen-bond acceptors (Lipinski definition) is 5. The number of halogens is 1. The van der Waals surface area contributed by atoms with Crippen LogP contribution in [0.5, 0.6) is 0 Å². The van der Waals surface area contributed by atoms with E-state index in [1.807, 2.05) is 32.0 Å². The molecule has 3 N–H and O–H groups in total. The van der Waals surface area contributed by atoms with Crippen molar-refractivity contribution in [1.29, 1.82) is 0 Å². The van der Waals surface area contributed by atoms with Gasteiger partial charge in [0.05, 0.1) is 28.0 Å². The number of carbonyl (C=O) groups is 1. The first-order valence-corrected chi connectivity index (χ1v) is 8.50. The van der Waals surface area contributed by atoms with Crippen molar-refractivity contribution in [2.24, 2.45) is 0 Å². The maximum absolute atomic E-state index is 13.0. The normalized spacial score (nSPS) is 13.7. The summed E-state index contributed by atoms with van der Waals surface area (Å²) < 4.78 is 5.43. The number of carbonyl (C=O) groups excluding carboxylic acids is 1. The van der Waals surface area contributed by atoms with Gasteiger partial charge in [0, 0.05) is 11.6 Å². The zero-order valence-electron chi connectivity index (χ0n) is 14.7. The fraction of sp³-hybridized carbons (Fsp3) is 0.316. The van der Waals surface area contributed by atoms with Crippen LogP contribution in [-0.4, -0.2) is 16.0 Å². The first-order chi connectivity index (χ1) is 12.0. The fourth-order valence-corrected chi connectivity index (χ4v) is 2.95. The van der Waals surface area contributed by atoms with E-state index < -0.39 is 0 Å². The highest BCUT2D eigenvalue weighted by molar-refractivity contribution is 6.13. The zero-order valence-corrected chi connectivity index (χ0v) is 15.5. The van der Waals surface area contributed by atoms with Crippen LogP contribution >= 0.6 is 12.4 Å². The van der Waals surface area contributed by atoms with Crippen LogP contribution in [0.4, 0.5) is 11.4 Å². The third-order valence-corrected chi connectivity index (χ3v) is 4.49. The predicted octanol–water partition coefficient (Wildman–Crippen LogP) is 4.48. The summed E-state index contributed by atoms with van der Waals surface area (Å²) >= 11 is 0. The topological polar surface area (TPSA) is 94.0 Å². The minimum atomic E-state index is -0.225. The van der Waals surface area contributed by atoms with Crippen LogP contribution in [0.3, 0.4) is 0 Å². The number of nitrogen functional groups attached to an aromatic ring is 1. The van der Waals surface area contributed by atoms with E-state index in [4.69, 9.17) is 10.3 Å². The van der Waals surface area contributed by atoms with Crippen molar-refractivity contribution in [2.75, 3.05) is 11.1 Å². The molecule has 7 heteroatoms. The third-order valence-electron chi connectivity index (χ3n) is 4.49. The highest BCUT2D eigenvalue weighted by atomic mass is 35.5. The highest BCUT2D eigenvalue weighted by Crippen LogP contribution is 2.41. The molecular formula is C19H21ClN4O2. The van der Waals surface area contributed by atoms with E-state index in [-0.39, 0.29) is 24.2 Å². The Morgan fingerprint density at radius 1 is 1.31 bits per heavy atom. The Labute approximate surface area is 157 Å². The van der Waals surface area contributed by atoms with E-state index in [0.717, 1.165) is 24.2 Å². The van der Waals surface area contributed by atoms with Crippen LogP contribution in [0.25, 0.3) is 11.1 Å². The molecule has 4 rings (SSSR count). The second-order valence-electron chi connectivity index (χ2n) is 6.81. The van der Waals surface area contributed by atoms with E-state index in [0.29, 0.717) is 34.0 Å². The fourth-order valence-electron chi connectivity index (χ4n) is 2.95. The van der Waals surface area contributed by atoms with Crippen LogP contribution in [0.15, 0.2) is 34.9 Å². The molecule has 2 aromatic heterocycles. The van der Waals surface area contributed by atoms with Gasteiger partial charge < -0.3 is 15.6 Å². The number of anilines is 2. The molecule has 0 saturated heterocycles. The highest BCUT2D eigenvalue weighted by Gasteiger charge is 2.29. The number of amides is 1. The number of hydrogen-bond donors (Lipinski definition) is 2. The zero-order chi connectivity index (χ0) is 17.6. The molecule has 1 amide bonds. The quantitative estimate of drug-likeness (QED) is 0.658. The predicted molar refractivity (Wildman–Crippen MR) is 104 cm³/mol. The van der Waals surface area contributed by atoms with Gasteiger partial charge in [0.2, 0.25) is 0 Å². The van der Waals surface area contributed by atoms with E-state index in [1.54, 1.807) is 12.1 Å². The summed E-state index contributed by atoms with van der Waals surface area (Å²) in [5.41, 5.74) is 9.68. The molecule has 1 aromatic carbocycles. The van der Waals surface area contributed by atoms with Crippen LogP contribution < -0.4 is 11.1 Å². The molecule has 0 aliphatic heterocycles. The summed E-state index contributed by atoms with van der Waals surface area (Å²) in [5.74, 6) is 0.311. The molecule has 1 fully saturated rings. The summed E-state index contributed by atoms with van der Waals surface area (Å²) in [7, 11) is 0. The molecule has 0 atom stereocenters.